The van der Waals surface area contributed by atoms with Gasteiger partial charge in [0.15, 0.2) is 37.3 Å². The van der Waals surface area contributed by atoms with Gasteiger partial charge in [0.2, 0.25) is 0 Å². The van der Waals surface area contributed by atoms with Crippen molar-refractivity contribution in [3.63, 3.8) is 0 Å². The largest absolute Gasteiger partial charge is 0.390 e. The van der Waals surface area contributed by atoms with E-state index in [9.17, 15) is 18.6 Å². The monoisotopic (exact) mass is 1450 g/mol. The minimum absolute atomic E-state index is 0.0765. The van der Waals surface area contributed by atoms with Crippen LogP contribution in [-0.4, -0.2) is 162 Å². The molecular formula is C75H86N22O4S3. The molecule has 1 aliphatic heterocycles. The van der Waals surface area contributed by atoms with E-state index in [1.54, 1.807) is 42.5 Å². The number of hydrogen-bond donors (Lipinski definition) is 6. The molecule has 538 valence electrons. The first-order valence-electron chi connectivity index (χ1n) is 35.5. The smallest absolute Gasteiger partial charge is 0.161 e. The third-order valence-corrected chi connectivity index (χ3v) is 23.6. The third kappa shape index (κ3) is 17.1. The lowest BCUT2D eigenvalue weighted by atomic mass is 9.87. The minimum atomic E-state index is -2.92. The van der Waals surface area contributed by atoms with E-state index in [-0.39, 0.29) is 29.3 Å². The molecule has 0 unspecified atom stereocenters. The van der Waals surface area contributed by atoms with E-state index < -0.39 is 22.0 Å². The van der Waals surface area contributed by atoms with Crippen LogP contribution in [0.1, 0.15) is 100 Å². The van der Waals surface area contributed by atoms with Crippen LogP contribution in [0.2, 0.25) is 0 Å². The second-order valence-electron chi connectivity index (χ2n) is 27.7. The van der Waals surface area contributed by atoms with Crippen LogP contribution in [0.4, 0.5) is 17.5 Å². The first-order valence-corrected chi connectivity index (χ1v) is 38.8. The summed E-state index contributed by atoms with van der Waals surface area (Å²) in [6.07, 6.45) is 28.8. The van der Waals surface area contributed by atoms with Crippen molar-refractivity contribution in [1.29, 1.82) is 0 Å². The van der Waals surface area contributed by atoms with Crippen LogP contribution >= 0.6 is 22.7 Å². The molecular weight excluding hydrogens is 1370 g/mol. The lowest BCUT2D eigenvalue weighted by Crippen LogP contribution is -2.45. The Labute approximate surface area is 612 Å². The van der Waals surface area contributed by atoms with E-state index in [1.807, 2.05) is 139 Å². The van der Waals surface area contributed by atoms with Crippen LogP contribution in [0.15, 0.2) is 141 Å². The summed E-state index contributed by atoms with van der Waals surface area (Å²) in [4.78, 5) is 28.8. The van der Waals surface area contributed by atoms with Crippen LogP contribution in [0.5, 0.6) is 0 Å². The van der Waals surface area contributed by atoms with Gasteiger partial charge in [0, 0.05) is 134 Å². The highest BCUT2D eigenvalue weighted by Gasteiger charge is 2.38. The zero-order chi connectivity index (χ0) is 72.0. The van der Waals surface area contributed by atoms with Gasteiger partial charge in [0.05, 0.1) is 65.2 Å². The molecule has 104 heavy (non-hydrogen) atoms. The Kier molecular flexibility index (Phi) is 21.6. The number of sulfone groups is 1. The van der Waals surface area contributed by atoms with Gasteiger partial charge in [-0.05, 0) is 145 Å². The van der Waals surface area contributed by atoms with Crippen molar-refractivity contribution in [2.75, 3.05) is 34.8 Å². The third-order valence-electron chi connectivity index (χ3n) is 19.2. The molecule has 3 aromatic carbocycles. The molecule has 0 bridgehead atoms. The van der Waals surface area contributed by atoms with E-state index in [0.717, 1.165) is 181 Å². The van der Waals surface area contributed by atoms with Gasteiger partial charge < -0.3 is 31.5 Å². The van der Waals surface area contributed by atoms with Crippen molar-refractivity contribution in [2.45, 2.75) is 133 Å². The summed E-state index contributed by atoms with van der Waals surface area (Å²) < 4.78 is 32.0. The molecule has 3 saturated carbocycles. The zero-order valence-electron chi connectivity index (χ0n) is 59.3. The van der Waals surface area contributed by atoms with E-state index in [2.05, 4.69) is 105 Å². The molecule has 0 radical (unpaired) electrons. The number of nitrogens with one attached hydrogen (secondary N) is 4. The number of aliphatic hydroxyl groups excluding tert-OH is 2. The van der Waals surface area contributed by atoms with Crippen LogP contribution in [0, 0.1) is 12.8 Å². The SMILES string of the molecule is CC(C)Nc1nc(-c2cccc(-c3cnn(C)c3)c2)ncc1-c1nnc(C2CCNCC2)s1.Cc1nnc(-c2cnc(-c3cccc(-c4cnn(C)c4)c3)nc2NC2CCC(CS(=O)(=O)C3CC3)CC2)s1.Cn1cc(-c2cccc(-c3ncc(-c4cnn(C)c4)c(N[C@H]4CCC[C@H](O)[C@@H]4O)n3)c2)cn1. The summed E-state index contributed by atoms with van der Waals surface area (Å²) in [5, 5.41) is 72.8. The molecule has 1 saturated heterocycles. The number of nitrogens with zero attached hydrogens (tertiary/aromatic N) is 18. The van der Waals surface area contributed by atoms with Crippen LogP contribution in [0.3, 0.4) is 0 Å². The lowest BCUT2D eigenvalue weighted by Gasteiger charge is -2.33. The maximum atomic E-state index is 12.5. The van der Waals surface area contributed by atoms with Crippen molar-refractivity contribution in [1.82, 2.24) is 94.7 Å². The Balaban J connectivity index is 0.000000132. The fourth-order valence-electron chi connectivity index (χ4n) is 13.5. The number of hydrogen-bond acceptors (Lipinski definition) is 24. The van der Waals surface area contributed by atoms with Crippen LogP contribution < -0.4 is 21.3 Å². The van der Waals surface area contributed by atoms with Gasteiger partial charge in [-0.15, -0.1) is 20.4 Å². The second-order valence-corrected chi connectivity index (χ2v) is 32.3. The van der Waals surface area contributed by atoms with E-state index in [1.165, 1.54) is 11.3 Å². The highest BCUT2D eigenvalue weighted by Crippen LogP contribution is 2.40. The molecule has 10 heterocycles. The molecule has 12 aromatic rings. The predicted octanol–water partition coefficient (Wildman–Crippen LogP) is 11.9. The summed E-state index contributed by atoms with van der Waals surface area (Å²) >= 11 is 3.18. The van der Waals surface area contributed by atoms with Gasteiger partial charge >= 0.3 is 0 Å². The minimum Gasteiger partial charge on any atom is -0.390 e. The fourth-order valence-corrected chi connectivity index (χ4v) is 17.3. The highest BCUT2D eigenvalue weighted by atomic mass is 32.2. The number of aliphatic hydroxyl groups is 2. The summed E-state index contributed by atoms with van der Waals surface area (Å²) in [7, 11) is 4.65. The van der Waals surface area contributed by atoms with E-state index in [4.69, 9.17) is 24.9 Å². The molecule has 4 fully saturated rings. The lowest BCUT2D eigenvalue weighted by molar-refractivity contribution is -0.0161. The van der Waals surface area contributed by atoms with Gasteiger partial charge in [-0.3, -0.25) is 18.7 Å². The van der Waals surface area contributed by atoms with Gasteiger partial charge in [0.25, 0.3) is 0 Å². The number of rotatable bonds is 19. The van der Waals surface area contributed by atoms with Crippen LogP contribution in [-0.2, 0) is 38.0 Å². The molecule has 4 aliphatic rings. The average molecular weight is 1460 g/mol. The predicted molar refractivity (Wildman–Crippen MR) is 407 cm³/mol. The van der Waals surface area contributed by atoms with E-state index >= 15 is 0 Å². The molecule has 0 spiro atoms. The van der Waals surface area contributed by atoms with Crippen molar-refractivity contribution in [2.24, 2.45) is 34.1 Å². The number of benzene rings is 3. The first kappa shape index (κ1) is 71.1. The Morgan fingerprint density at radius 1 is 0.519 bits per heavy atom. The molecule has 3 aliphatic carbocycles. The van der Waals surface area contributed by atoms with Gasteiger partial charge in [-0.2, -0.15) is 20.4 Å². The molecule has 6 N–H and O–H groups in total. The summed E-state index contributed by atoms with van der Waals surface area (Å²) in [5.41, 5.74) is 12.4. The normalized spacial score (nSPS) is 18.5. The van der Waals surface area contributed by atoms with Crippen molar-refractivity contribution >= 4 is 50.0 Å². The quantitative estimate of drug-likeness (QED) is 0.0438. The molecule has 26 nitrogen and oxygen atoms in total. The first-order chi connectivity index (χ1) is 50.4. The Bertz CT molecular complexity index is 5040. The fraction of sp³-hybridized carbons (Fsp3) is 0.387. The summed E-state index contributed by atoms with van der Waals surface area (Å²) in [6, 6.07) is 24.6. The number of aryl methyl sites for hydroxylation is 5. The molecule has 16 rings (SSSR count). The molecule has 29 heteroatoms. The standard InChI is InChI=1S/C27H31N7O2S2.C24H28N8S.C24H27N7O2/c1-17-32-33-27(37-17)24-14-28-25(20-5-3-4-19(12-20)21-13-29-34(2)15-21)31-26(24)30-22-8-6-18(7-9-22)16-38(35,36)23-10-11-23;1-15(2)28-22-20(24-31-30-23(33-24)16-7-9-25-10-8-16)13-26-21(29-22)18-6-4-5-17(11-18)19-12-27-32(3)14-19;1-30-13-17(10-26-30)15-5-3-6-16(9-15)23-25-12-19(18-11-27-31(2)14-18)24(29-23)28-20-7-4-8-21(32)22(20)33/h3-5,12-15,18,22-23H,6-11,16H2,1-2H3,(H,28,30,31);4-6,11-16,25H,7-10H2,1-3H3,(H,26,28,29);3,5-6,9-14,20-22,32-33H,4,7-8H2,1-2H3,(H,25,28,29)/t;;20-,21-,22+/m..0/s1. The topological polar surface area (TPSA) is 323 Å². The molecule has 0 amide bonds. The maximum Gasteiger partial charge on any atom is 0.161 e. The Morgan fingerprint density at radius 2 is 0.990 bits per heavy atom. The number of aromatic nitrogens is 18. The average Bonchev–Trinajstić information content (AvgIpc) is 1.32. The number of piperidine rings is 1. The van der Waals surface area contributed by atoms with Gasteiger partial charge in [-0.25, -0.2) is 38.3 Å². The number of anilines is 3. The summed E-state index contributed by atoms with van der Waals surface area (Å²) in [6.45, 7) is 8.22. The van der Waals surface area contributed by atoms with Crippen molar-refractivity contribution < 1.29 is 18.6 Å². The molecule has 9 aromatic heterocycles. The van der Waals surface area contributed by atoms with Gasteiger partial charge in [-0.1, -0.05) is 77.3 Å². The summed E-state index contributed by atoms with van der Waals surface area (Å²) in [5.74, 6) is 5.09. The Morgan fingerprint density at radius 3 is 1.48 bits per heavy atom. The molecule has 3 atom stereocenters. The van der Waals surface area contributed by atoms with Gasteiger partial charge in [0.1, 0.15) is 27.5 Å². The van der Waals surface area contributed by atoms with Crippen molar-refractivity contribution in [3.8, 4) is 99.8 Å². The maximum absolute atomic E-state index is 12.5. The second kappa shape index (κ2) is 31.6. The van der Waals surface area contributed by atoms with Crippen LogP contribution in [0.25, 0.3) is 99.8 Å². The van der Waals surface area contributed by atoms with E-state index in [0.29, 0.717) is 41.4 Å². The highest BCUT2D eigenvalue weighted by molar-refractivity contribution is 7.92. The zero-order valence-corrected chi connectivity index (χ0v) is 61.7. The van der Waals surface area contributed by atoms with Crippen molar-refractivity contribution in [3.05, 3.63) is 151 Å². The Hall–Kier alpha value is -9.91.